The van der Waals surface area contributed by atoms with E-state index < -0.39 is 33.1 Å². The van der Waals surface area contributed by atoms with Crippen LogP contribution < -0.4 is 5.32 Å². The van der Waals surface area contributed by atoms with E-state index in [0.29, 0.717) is 0 Å². The quantitative estimate of drug-likeness (QED) is 0.497. The smallest absolute Gasteiger partial charge is 0.407 e. The third-order valence-corrected chi connectivity index (χ3v) is 7.85. The van der Waals surface area contributed by atoms with Gasteiger partial charge in [-0.05, 0) is 37.8 Å². The van der Waals surface area contributed by atoms with Gasteiger partial charge in [0.15, 0.2) is 0 Å². The zero-order chi connectivity index (χ0) is 25.4. The van der Waals surface area contributed by atoms with Crippen LogP contribution in [0.1, 0.15) is 45.7 Å². The third-order valence-electron chi connectivity index (χ3n) is 5.32. The Hall–Kier alpha value is -2.42. The van der Waals surface area contributed by atoms with Crippen molar-refractivity contribution >= 4 is 16.1 Å². The number of benzene rings is 2. The Balaban J connectivity index is 2.19. The van der Waals surface area contributed by atoms with E-state index in [0.717, 1.165) is 11.1 Å². The first-order chi connectivity index (χ1) is 15.9. The first-order valence-electron chi connectivity index (χ1n) is 11.6. The van der Waals surface area contributed by atoms with Gasteiger partial charge in [-0.15, -0.1) is 0 Å². The predicted molar refractivity (Wildman–Crippen MR) is 135 cm³/mol. The number of amides is 1. The Labute approximate surface area is 204 Å². The van der Waals surface area contributed by atoms with Crippen molar-refractivity contribution in [2.24, 2.45) is 5.92 Å². The molecular formula is C26H38N2O5S. The molecule has 2 rings (SSSR count). The molecular weight excluding hydrogens is 452 g/mol. The van der Waals surface area contributed by atoms with E-state index in [1.54, 1.807) is 20.8 Å². The Kier molecular flexibility index (Phi) is 10.1. The number of ether oxygens (including phenoxy) is 1. The lowest BCUT2D eigenvalue weighted by Crippen LogP contribution is -2.50. The summed E-state index contributed by atoms with van der Waals surface area (Å²) in [6.07, 6.45) is -2.55. The number of hydrogen-bond acceptors (Lipinski definition) is 5. The SMILES string of the molecule is CC(C)CN(C[C@@H](O)C(Cc1ccccc1)OC(=O)NCc1ccccc1)S(=O)(=O)C(C)(C)C. The normalized spacial score (nSPS) is 14.1. The molecule has 7 nitrogen and oxygen atoms in total. The Morgan fingerprint density at radius 3 is 2.00 bits per heavy atom. The number of nitrogens with zero attached hydrogens (tertiary/aromatic N) is 1. The van der Waals surface area contributed by atoms with Crippen molar-refractivity contribution in [3.8, 4) is 0 Å². The first kappa shape index (κ1) is 27.8. The fourth-order valence-electron chi connectivity index (χ4n) is 3.44. The van der Waals surface area contributed by atoms with Crippen LogP contribution in [-0.2, 0) is 27.7 Å². The summed E-state index contributed by atoms with van der Waals surface area (Å²) < 4.78 is 32.3. The number of nitrogens with one attached hydrogen (secondary N) is 1. The molecule has 1 unspecified atom stereocenters. The van der Waals surface area contributed by atoms with Gasteiger partial charge in [0.25, 0.3) is 0 Å². The molecule has 0 aliphatic heterocycles. The molecule has 188 valence electrons. The first-order valence-corrected chi connectivity index (χ1v) is 13.0. The average molecular weight is 491 g/mol. The number of carbonyl (C=O) groups excluding carboxylic acids is 1. The predicted octanol–water partition coefficient (Wildman–Crippen LogP) is 3.97. The van der Waals surface area contributed by atoms with Crippen molar-refractivity contribution < 1.29 is 23.1 Å². The summed E-state index contributed by atoms with van der Waals surface area (Å²) in [6, 6.07) is 18.8. The van der Waals surface area contributed by atoms with E-state index in [1.807, 2.05) is 74.5 Å². The van der Waals surface area contributed by atoms with Gasteiger partial charge in [-0.1, -0.05) is 74.5 Å². The molecule has 8 heteroatoms. The number of rotatable bonds is 11. The average Bonchev–Trinajstić information content (AvgIpc) is 2.77. The summed E-state index contributed by atoms with van der Waals surface area (Å²) >= 11 is 0. The van der Waals surface area contributed by atoms with E-state index in [2.05, 4.69) is 5.32 Å². The van der Waals surface area contributed by atoms with Gasteiger partial charge < -0.3 is 15.2 Å². The molecule has 2 N–H and O–H groups in total. The molecule has 0 aromatic heterocycles. The molecule has 0 aliphatic carbocycles. The maximum Gasteiger partial charge on any atom is 0.407 e. The number of carbonyl (C=O) groups is 1. The highest BCUT2D eigenvalue weighted by Crippen LogP contribution is 2.23. The largest absolute Gasteiger partial charge is 0.443 e. The van der Waals surface area contributed by atoms with Gasteiger partial charge in [-0.2, -0.15) is 4.31 Å². The lowest BCUT2D eigenvalue weighted by Gasteiger charge is -2.34. The van der Waals surface area contributed by atoms with Crippen LogP contribution in [0.3, 0.4) is 0 Å². The van der Waals surface area contributed by atoms with Crippen LogP contribution in [-0.4, -0.2) is 54.0 Å². The van der Waals surface area contributed by atoms with E-state index in [-0.39, 0.29) is 32.0 Å². The van der Waals surface area contributed by atoms with E-state index in [1.165, 1.54) is 4.31 Å². The van der Waals surface area contributed by atoms with E-state index >= 15 is 0 Å². The third kappa shape index (κ3) is 8.42. The van der Waals surface area contributed by atoms with Crippen LogP contribution in [0.2, 0.25) is 0 Å². The summed E-state index contributed by atoms with van der Waals surface area (Å²) in [4.78, 5) is 12.6. The highest BCUT2D eigenvalue weighted by molar-refractivity contribution is 7.90. The van der Waals surface area contributed by atoms with E-state index in [4.69, 9.17) is 4.74 Å². The maximum absolute atomic E-state index is 13.2. The van der Waals surface area contributed by atoms with Crippen molar-refractivity contribution in [1.29, 1.82) is 0 Å². The molecule has 0 heterocycles. The highest BCUT2D eigenvalue weighted by Gasteiger charge is 2.38. The van der Waals surface area contributed by atoms with Gasteiger partial charge in [0, 0.05) is 26.1 Å². The minimum Gasteiger partial charge on any atom is -0.443 e. The van der Waals surface area contributed by atoms with Gasteiger partial charge in [0.05, 0.1) is 4.75 Å². The van der Waals surface area contributed by atoms with E-state index in [9.17, 15) is 18.3 Å². The van der Waals surface area contributed by atoms with Crippen LogP contribution in [0, 0.1) is 5.92 Å². The molecule has 2 aromatic carbocycles. The molecule has 1 amide bonds. The zero-order valence-corrected chi connectivity index (χ0v) is 21.6. The molecule has 0 radical (unpaired) electrons. The maximum atomic E-state index is 13.2. The summed E-state index contributed by atoms with van der Waals surface area (Å²) in [6.45, 7) is 9.13. The molecule has 0 saturated carbocycles. The molecule has 2 aromatic rings. The molecule has 2 atom stereocenters. The Morgan fingerprint density at radius 1 is 0.971 bits per heavy atom. The number of sulfonamides is 1. The van der Waals surface area contributed by atoms with Gasteiger partial charge in [-0.3, -0.25) is 0 Å². The second-order valence-electron chi connectivity index (χ2n) is 9.87. The fraction of sp³-hybridized carbons (Fsp3) is 0.500. The monoisotopic (exact) mass is 490 g/mol. The lowest BCUT2D eigenvalue weighted by molar-refractivity contribution is -0.00549. The summed E-state index contributed by atoms with van der Waals surface area (Å²) in [5, 5.41) is 13.8. The molecule has 0 aliphatic rings. The van der Waals surface area contributed by atoms with Crippen molar-refractivity contribution in [2.75, 3.05) is 13.1 Å². The summed E-state index contributed by atoms with van der Waals surface area (Å²) in [5.41, 5.74) is 1.79. The van der Waals surface area contributed by atoms with Crippen molar-refractivity contribution in [1.82, 2.24) is 9.62 Å². The van der Waals surface area contributed by atoms with Crippen LogP contribution in [0.5, 0.6) is 0 Å². The molecule has 0 saturated heterocycles. The minimum atomic E-state index is -3.69. The van der Waals surface area contributed by atoms with Gasteiger partial charge in [0.1, 0.15) is 12.2 Å². The zero-order valence-electron chi connectivity index (χ0n) is 20.8. The van der Waals surface area contributed by atoms with Crippen molar-refractivity contribution in [3.63, 3.8) is 0 Å². The second kappa shape index (κ2) is 12.3. The fourth-order valence-corrected chi connectivity index (χ4v) is 5.06. The topological polar surface area (TPSA) is 95.9 Å². The van der Waals surface area contributed by atoms with Gasteiger partial charge in [-0.25, -0.2) is 13.2 Å². The van der Waals surface area contributed by atoms with Crippen LogP contribution in [0.25, 0.3) is 0 Å². The van der Waals surface area contributed by atoms with Crippen LogP contribution in [0.15, 0.2) is 60.7 Å². The Morgan fingerprint density at radius 2 is 1.50 bits per heavy atom. The number of aliphatic hydroxyl groups excluding tert-OH is 1. The van der Waals surface area contributed by atoms with Crippen LogP contribution >= 0.6 is 0 Å². The van der Waals surface area contributed by atoms with Crippen molar-refractivity contribution in [2.45, 2.75) is 64.5 Å². The highest BCUT2D eigenvalue weighted by atomic mass is 32.2. The number of alkyl carbamates (subject to hydrolysis) is 1. The van der Waals surface area contributed by atoms with Gasteiger partial charge in [0.2, 0.25) is 10.0 Å². The number of hydrogen-bond donors (Lipinski definition) is 2. The van der Waals surface area contributed by atoms with Gasteiger partial charge >= 0.3 is 6.09 Å². The summed E-state index contributed by atoms with van der Waals surface area (Å²) in [7, 11) is -3.69. The standard InChI is InChI=1S/C26H38N2O5S/c1-20(2)18-28(34(31,32)26(3,4)5)19-23(29)24(16-21-12-8-6-9-13-21)33-25(30)27-17-22-14-10-7-11-15-22/h6-15,20,23-24,29H,16-19H2,1-5H3,(H,27,30)/t23-,24?/m1/s1. The molecule has 34 heavy (non-hydrogen) atoms. The second-order valence-corrected chi connectivity index (χ2v) is 12.6. The lowest BCUT2D eigenvalue weighted by atomic mass is 10.0. The van der Waals surface area contributed by atoms with Crippen LogP contribution in [0.4, 0.5) is 4.79 Å². The summed E-state index contributed by atoms with van der Waals surface area (Å²) in [5.74, 6) is 0.0620. The Bertz CT molecular complexity index is 989. The van der Waals surface area contributed by atoms with Crippen molar-refractivity contribution in [3.05, 3.63) is 71.8 Å². The molecule has 0 spiro atoms. The minimum absolute atomic E-state index is 0.0620. The molecule has 0 bridgehead atoms. The molecule has 0 fully saturated rings. The number of aliphatic hydroxyl groups is 1.